The Kier molecular flexibility index (Phi) is 4.17. The SMILES string of the molecule is COc1cncc(N2CC(C)OC(CBr)C2)n1. The van der Waals surface area contributed by atoms with Gasteiger partial charge in [0.25, 0.3) is 0 Å². The quantitative estimate of drug-likeness (QED) is 0.791. The highest BCUT2D eigenvalue weighted by molar-refractivity contribution is 9.09. The van der Waals surface area contributed by atoms with Crippen LogP contribution in [0.1, 0.15) is 6.92 Å². The average Bonchev–Trinajstić information content (AvgIpc) is 2.38. The van der Waals surface area contributed by atoms with Crippen molar-refractivity contribution in [1.82, 2.24) is 9.97 Å². The van der Waals surface area contributed by atoms with Gasteiger partial charge in [-0.05, 0) is 6.92 Å². The first-order valence-electron chi connectivity index (χ1n) is 5.55. The van der Waals surface area contributed by atoms with Crippen molar-refractivity contribution in [2.75, 3.05) is 30.4 Å². The van der Waals surface area contributed by atoms with E-state index in [2.05, 4.69) is 37.7 Å². The highest BCUT2D eigenvalue weighted by Gasteiger charge is 2.25. The molecule has 0 spiro atoms. The topological polar surface area (TPSA) is 47.5 Å². The summed E-state index contributed by atoms with van der Waals surface area (Å²) in [7, 11) is 1.59. The summed E-state index contributed by atoms with van der Waals surface area (Å²) < 4.78 is 10.9. The molecular formula is C11H16BrN3O2. The second-order valence-electron chi connectivity index (χ2n) is 4.05. The van der Waals surface area contributed by atoms with Gasteiger partial charge in [0, 0.05) is 18.4 Å². The van der Waals surface area contributed by atoms with Crippen LogP contribution >= 0.6 is 15.9 Å². The zero-order valence-electron chi connectivity index (χ0n) is 9.97. The molecule has 2 atom stereocenters. The minimum atomic E-state index is 0.187. The molecule has 94 valence electrons. The molecule has 1 aliphatic heterocycles. The summed E-state index contributed by atoms with van der Waals surface area (Å²) in [6, 6.07) is 0. The standard InChI is InChI=1S/C11H16BrN3O2/c1-8-6-15(7-9(3-12)17-8)10-4-13-5-11(14-10)16-2/h4-5,8-9H,3,6-7H2,1-2H3. The van der Waals surface area contributed by atoms with E-state index in [-0.39, 0.29) is 12.2 Å². The largest absolute Gasteiger partial charge is 0.480 e. The summed E-state index contributed by atoms with van der Waals surface area (Å²) in [5, 5.41) is 0.825. The van der Waals surface area contributed by atoms with Crippen molar-refractivity contribution in [3.05, 3.63) is 12.4 Å². The van der Waals surface area contributed by atoms with Gasteiger partial charge in [-0.2, -0.15) is 4.98 Å². The van der Waals surface area contributed by atoms with Crippen LogP contribution in [0.2, 0.25) is 0 Å². The maximum atomic E-state index is 5.78. The van der Waals surface area contributed by atoms with Gasteiger partial charge in [0.2, 0.25) is 5.88 Å². The fraction of sp³-hybridized carbons (Fsp3) is 0.636. The van der Waals surface area contributed by atoms with E-state index in [0.717, 1.165) is 24.2 Å². The molecule has 0 amide bonds. The molecule has 2 unspecified atom stereocenters. The number of ether oxygens (including phenoxy) is 2. The fourth-order valence-electron chi connectivity index (χ4n) is 1.91. The van der Waals surface area contributed by atoms with Crippen molar-refractivity contribution in [2.24, 2.45) is 0 Å². The van der Waals surface area contributed by atoms with Gasteiger partial charge < -0.3 is 14.4 Å². The fourth-order valence-corrected chi connectivity index (χ4v) is 2.26. The Labute approximate surface area is 109 Å². The number of rotatable bonds is 3. The van der Waals surface area contributed by atoms with Crippen LogP contribution in [-0.4, -0.2) is 47.7 Å². The molecule has 2 rings (SSSR count). The van der Waals surface area contributed by atoms with Gasteiger partial charge in [-0.15, -0.1) is 0 Å². The minimum Gasteiger partial charge on any atom is -0.480 e. The van der Waals surface area contributed by atoms with Gasteiger partial charge >= 0.3 is 0 Å². The Hall–Kier alpha value is -0.880. The van der Waals surface area contributed by atoms with Gasteiger partial charge in [0.15, 0.2) is 5.82 Å². The van der Waals surface area contributed by atoms with Crippen LogP contribution in [0.3, 0.4) is 0 Å². The number of aromatic nitrogens is 2. The Bertz CT molecular complexity index is 377. The smallest absolute Gasteiger partial charge is 0.233 e. The maximum absolute atomic E-state index is 5.78. The molecule has 0 bridgehead atoms. The van der Waals surface area contributed by atoms with Crippen LogP contribution in [0.25, 0.3) is 0 Å². The summed E-state index contributed by atoms with van der Waals surface area (Å²) >= 11 is 3.45. The first-order valence-corrected chi connectivity index (χ1v) is 6.67. The van der Waals surface area contributed by atoms with E-state index < -0.39 is 0 Å². The number of methoxy groups -OCH3 is 1. The molecule has 17 heavy (non-hydrogen) atoms. The molecule has 6 heteroatoms. The molecule has 1 saturated heterocycles. The zero-order chi connectivity index (χ0) is 12.3. The Balaban J connectivity index is 2.14. The lowest BCUT2D eigenvalue weighted by atomic mass is 10.2. The number of halogens is 1. The van der Waals surface area contributed by atoms with Crippen molar-refractivity contribution in [3.8, 4) is 5.88 Å². The predicted octanol–water partition coefficient (Wildman–Crippen LogP) is 1.47. The summed E-state index contributed by atoms with van der Waals surface area (Å²) in [4.78, 5) is 10.7. The summed E-state index contributed by atoms with van der Waals surface area (Å²) in [5.41, 5.74) is 0. The Morgan fingerprint density at radius 1 is 1.53 bits per heavy atom. The van der Waals surface area contributed by atoms with Crippen LogP contribution in [0, 0.1) is 0 Å². The van der Waals surface area contributed by atoms with E-state index in [1.807, 2.05) is 0 Å². The van der Waals surface area contributed by atoms with Crippen LogP contribution in [-0.2, 0) is 4.74 Å². The Morgan fingerprint density at radius 3 is 3.06 bits per heavy atom. The maximum Gasteiger partial charge on any atom is 0.233 e. The lowest BCUT2D eigenvalue weighted by Gasteiger charge is -2.36. The number of alkyl halides is 1. The molecule has 5 nitrogen and oxygen atoms in total. The van der Waals surface area contributed by atoms with Gasteiger partial charge in [0.05, 0.1) is 31.7 Å². The van der Waals surface area contributed by atoms with Crippen LogP contribution < -0.4 is 9.64 Å². The van der Waals surface area contributed by atoms with Crippen molar-refractivity contribution >= 4 is 21.7 Å². The average molecular weight is 302 g/mol. The molecule has 1 fully saturated rings. The van der Waals surface area contributed by atoms with Gasteiger partial charge in [-0.3, -0.25) is 4.98 Å². The second kappa shape index (κ2) is 5.64. The monoisotopic (exact) mass is 301 g/mol. The first kappa shape index (κ1) is 12.6. The van der Waals surface area contributed by atoms with Gasteiger partial charge in [-0.1, -0.05) is 15.9 Å². The number of anilines is 1. The molecule has 0 saturated carbocycles. The van der Waals surface area contributed by atoms with Crippen LogP contribution in [0.4, 0.5) is 5.82 Å². The van der Waals surface area contributed by atoms with E-state index in [1.54, 1.807) is 19.5 Å². The van der Waals surface area contributed by atoms with Gasteiger partial charge in [-0.25, -0.2) is 0 Å². The van der Waals surface area contributed by atoms with E-state index in [9.17, 15) is 0 Å². The van der Waals surface area contributed by atoms with E-state index in [1.165, 1.54) is 0 Å². The number of nitrogens with zero attached hydrogens (tertiary/aromatic N) is 3. The highest BCUT2D eigenvalue weighted by Crippen LogP contribution is 2.20. The summed E-state index contributed by atoms with van der Waals surface area (Å²) in [6.45, 7) is 3.71. The Morgan fingerprint density at radius 2 is 2.35 bits per heavy atom. The van der Waals surface area contributed by atoms with Crippen molar-refractivity contribution < 1.29 is 9.47 Å². The van der Waals surface area contributed by atoms with Crippen LogP contribution in [0.15, 0.2) is 12.4 Å². The summed E-state index contributed by atoms with van der Waals surface area (Å²) in [6.07, 6.45) is 3.74. The predicted molar refractivity (Wildman–Crippen MR) is 68.9 cm³/mol. The number of hydrogen-bond acceptors (Lipinski definition) is 5. The first-order chi connectivity index (χ1) is 8.22. The summed E-state index contributed by atoms with van der Waals surface area (Å²) in [5.74, 6) is 1.38. The molecule has 1 aromatic heterocycles. The van der Waals surface area contributed by atoms with Crippen LogP contribution in [0.5, 0.6) is 5.88 Å². The van der Waals surface area contributed by atoms with Crippen molar-refractivity contribution in [1.29, 1.82) is 0 Å². The molecule has 0 aliphatic carbocycles. The van der Waals surface area contributed by atoms with E-state index >= 15 is 0 Å². The van der Waals surface area contributed by atoms with E-state index in [0.29, 0.717) is 5.88 Å². The zero-order valence-corrected chi connectivity index (χ0v) is 11.6. The highest BCUT2D eigenvalue weighted by atomic mass is 79.9. The molecule has 1 aliphatic rings. The molecule has 0 radical (unpaired) electrons. The molecular weight excluding hydrogens is 286 g/mol. The van der Waals surface area contributed by atoms with E-state index in [4.69, 9.17) is 9.47 Å². The normalized spacial score (nSPS) is 24.8. The third kappa shape index (κ3) is 3.07. The lowest BCUT2D eigenvalue weighted by Crippen LogP contribution is -2.47. The molecule has 1 aromatic rings. The third-order valence-electron chi connectivity index (χ3n) is 2.63. The number of morpholine rings is 1. The lowest BCUT2D eigenvalue weighted by molar-refractivity contribution is -0.00228. The molecule has 2 heterocycles. The molecule has 0 aromatic carbocycles. The second-order valence-corrected chi connectivity index (χ2v) is 4.70. The molecule has 0 N–H and O–H groups in total. The number of hydrogen-bond donors (Lipinski definition) is 0. The third-order valence-corrected chi connectivity index (χ3v) is 3.35. The van der Waals surface area contributed by atoms with Gasteiger partial charge in [0.1, 0.15) is 0 Å². The van der Waals surface area contributed by atoms with Crippen molar-refractivity contribution in [3.63, 3.8) is 0 Å². The van der Waals surface area contributed by atoms with Crippen molar-refractivity contribution in [2.45, 2.75) is 19.1 Å². The minimum absolute atomic E-state index is 0.187.